The van der Waals surface area contributed by atoms with Crippen LogP contribution in [-0.4, -0.2) is 5.71 Å². The molecule has 1 heterocycles. The predicted molar refractivity (Wildman–Crippen MR) is 222 cm³/mol. The van der Waals surface area contributed by atoms with Gasteiger partial charge in [-0.15, -0.1) is 0 Å². The van der Waals surface area contributed by atoms with E-state index in [4.69, 9.17) is 5.41 Å². The van der Waals surface area contributed by atoms with Crippen molar-refractivity contribution in [1.82, 2.24) is 0 Å². The molecule has 0 unspecified atom stereocenters. The van der Waals surface area contributed by atoms with Crippen LogP contribution >= 0.6 is 11.8 Å². The molecule has 252 valence electrons. The summed E-state index contributed by atoms with van der Waals surface area (Å²) in [5, 5.41) is 13.5. The largest absolute Gasteiger partial charge is 0.308 e. The van der Waals surface area contributed by atoms with E-state index in [2.05, 4.69) is 161 Å². The Labute approximate surface area is 309 Å². The van der Waals surface area contributed by atoms with Crippen LogP contribution in [-0.2, 0) is 0 Å². The quantitative estimate of drug-likeness (QED) is 0.0851. The summed E-state index contributed by atoms with van der Waals surface area (Å²) in [7, 11) is 0. The third kappa shape index (κ3) is 6.74. The molecule has 0 aliphatic carbocycles. The number of fused-ring (bicyclic) bond motifs is 3. The van der Waals surface area contributed by atoms with Crippen LogP contribution in [0.1, 0.15) is 18.9 Å². The summed E-state index contributed by atoms with van der Waals surface area (Å²) in [6, 6.07) is 57.8. The van der Waals surface area contributed by atoms with Crippen LogP contribution < -0.4 is 15.3 Å². The molecule has 7 aromatic rings. The van der Waals surface area contributed by atoms with E-state index in [1.54, 1.807) is 0 Å². The van der Waals surface area contributed by atoms with Crippen molar-refractivity contribution in [2.75, 3.05) is 15.3 Å². The smallest absolute Gasteiger partial charge is 0.0636 e. The van der Waals surface area contributed by atoms with Crippen LogP contribution in [0.15, 0.2) is 198 Å². The highest BCUT2D eigenvalue weighted by molar-refractivity contribution is 7.99. The van der Waals surface area contributed by atoms with E-state index in [0.29, 0.717) is 12.1 Å². The van der Waals surface area contributed by atoms with E-state index < -0.39 is 0 Å². The van der Waals surface area contributed by atoms with Gasteiger partial charge in [0.05, 0.1) is 28.4 Å². The zero-order valence-electron chi connectivity index (χ0n) is 28.9. The van der Waals surface area contributed by atoms with Crippen molar-refractivity contribution in [2.24, 2.45) is 0 Å². The maximum absolute atomic E-state index is 8.97. The number of hydrazine groups is 1. The lowest BCUT2D eigenvalue weighted by Gasteiger charge is -2.33. The summed E-state index contributed by atoms with van der Waals surface area (Å²) in [5.74, 6) is 0. The van der Waals surface area contributed by atoms with E-state index in [1.807, 2.05) is 61.2 Å². The van der Waals surface area contributed by atoms with Gasteiger partial charge in [0.1, 0.15) is 0 Å². The number of nitrogens with zero attached hydrogens (tertiary/aromatic N) is 2. The molecule has 0 bridgehead atoms. The molecule has 0 fully saturated rings. The van der Waals surface area contributed by atoms with E-state index in [1.165, 1.54) is 26.6 Å². The van der Waals surface area contributed by atoms with Gasteiger partial charge >= 0.3 is 0 Å². The molecule has 0 atom stereocenters. The van der Waals surface area contributed by atoms with Crippen molar-refractivity contribution in [3.8, 4) is 11.1 Å². The van der Waals surface area contributed by atoms with Crippen LogP contribution in [0.4, 0.5) is 34.1 Å². The van der Waals surface area contributed by atoms with Gasteiger partial charge in [0, 0.05) is 33.2 Å². The fraction of sp³-hybridized carbons (Fsp3) is 0.0426. The zero-order valence-corrected chi connectivity index (χ0v) is 29.7. The first kappa shape index (κ1) is 32.9. The van der Waals surface area contributed by atoms with E-state index in [9.17, 15) is 0 Å². The SMILES string of the molecule is C/C=C\C=C/CC(=N)c1ccccc1NN(c1cccc(-c2ccc3c(c2)N(c2ccccc2)c2ccccc2S3)c1)c1ccc2ccccc2c1. The van der Waals surface area contributed by atoms with Crippen molar-refractivity contribution in [3.63, 3.8) is 0 Å². The van der Waals surface area contributed by atoms with Gasteiger partial charge in [-0.05, 0) is 95.6 Å². The molecule has 0 radical (unpaired) electrons. The van der Waals surface area contributed by atoms with Crippen molar-refractivity contribution >= 4 is 62.4 Å². The highest BCUT2D eigenvalue weighted by atomic mass is 32.2. The molecule has 5 heteroatoms. The minimum Gasteiger partial charge on any atom is -0.308 e. The van der Waals surface area contributed by atoms with Crippen molar-refractivity contribution in [3.05, 3.63) is 194 Å². The number of benzene rings is 7. The number of para-hydroxylation sites is 3. The van der Waals surface area contributed by atoms with Crippen LogP contribution in [0, 0.1) is 5.41 Å². The maximum atomic E-state index is 8.97. The van der Waals surface area contributed by atoms with Gasteiger partial charge in [-0.1, -0.05) is 133 Å². The van der Waals surface area contributed by atoms with Gasteiger partial charge in [-0.2, -0.15) is 0 Å². The monoisotopic (exact) mass is 690 g/mol. The highest BCUT2D eigenvalue weighted by Crippen LogP contribution is 2.52. The van der Waals surface area contributed by atoms with Crippen molar-refractivity contribution in [2.45, 2.75) is 23.1 Å². The van der Waals surface area contributed by atoms with E-state index in [-0.39, 0.29) is 0 Å². The molecule has 0 spiro atoms. The summed E-state index contributed by atoms with van der Waals surface area (Å²) < 4.78 is 0. The minimum absolute atomic E-state index is 0.537. The lowest BCUT2D eigenvalue weighted by Crippen LogP contribution is -2.25. The van der Waals surface area contributed by atoms with Gasteiger partial charge in [0.2, 0.25) is 0 Å². The minimum atomic E-state index is 0.537. The van der Waals surface area contributed by atoms with Gasteiger partial charge in [0.15, 0.2) is 0 Å². The highest BCUT2D eigenvalue weighted by Gasteiger charge is 2.25. The second-order valence-corrected chi connectivity index (χ2v) is 13.7. The lowest BCUT2D eigenvalue weighted by molar-refractivity contribution is 1.16. The van der Waals surface area contributed by atoms with Crippen LogP contribution in [0.5, 0.6) is 0 Å². The normalized spacial score (nSPS) is 12.2. The molecule has 0 saturated carbocycles. The number of nitrogens with one attached hydrogen (secondary N) is 2. The first-order valence-electron chi connectivity index (χ1n) is 17.5. The van der Waals surface area contributed by atoms with Gasteiger partial charge in [-0.3, -0.25) is 10.4 Å². The van der Waals surface area contributed by atoms with Crippen LogP contribution in [0.25, 0.3) is 21.9 Å². The molecule has 4 nitrogen and oxygen atoms in total. The molecule has 1 aliphatic rings. The lowest BCUT2D eigenvalue weighted by atomic mass is 10.0. The summed E-state index contributed by atoms with van der Waals surface area (Å²) in [5.41, 5.74) is 13.7. The third-order valence-corrected chi connectivity index (χ3v) is 10.3. The molecular formula is C47H38N4S. The van der Waals surface area contributed by atoms with Gasteiger partial charge < -0.3 is 10.3 Å². The third-order valence-electron chi connectivity index (χ3n) is 9.22. The Hall–Kier alpha value is -6.30. The second-order valence-electron chi connectivity index (χ2n) is 12.6. The Morgan fingerprint density at radius 1 is 0.635 bits per heavy atom. The van der Waals surface area contributed by atoms with Crippen LogP contribution in [0.3, 0.4) is 0 Å². The predicted octanol–water partition coefficient (Wildman–Crippen LogP) is 13.5. The standard InChI is InChI=1S/C47H38N4S/c1-2-3-4-8-23-42(48)41-22-11-12-24-43(41)49-51(40-29-27-34-16-9-10-17-35(34)31-40)39-21-15-18-36(32-39)37-28-30-47-45(33-37)50(38-19-6-5-7-20-38)44-25-13-14-26-46(44)52-47/h2-22,24-33,48-49H,23H2,1H3/b3-2-,8-4-,48-42?. The Bertz CT molecular complexity index is 2450. The molecule has 0 saturated heterocycles. The molecule has 8 rings (SSSR count). The van der Waals surface area contributed by atoms with Crippen molar-refractivity contribution < 1.29 is 0 Å². The molecular weight excluding hydrogens is 653 g/mol. The van der Waals surface area contributed by atoms with E-state index >= 15 is 0 Å². The number of rotatable bonds is 10. The molecule has 1 aliphatic heterocycles. The molecule has 7 aromatic carbocycles. The number of allylic oxidation sites excluding steroid dienone is 4. The first-order chi connectivity index (χ1) is 25.7. The van der Waals surface area contributed by atoms with Gasteiger partial charge in [0.25, 0.3) is 0 Å². The van der Waals surface area contributed by atoms with Crippen LogP contribution in [0.2, 0.25) is 0 Å². The summed E-state index contributed by atoms with van der Waals surface area (Å²) in [4.78, 5) is 4.84. The van der Waals surface area contributed by atoms with E-state index in [0.717, 1.165) is 44.8 Å². The zero-order chi connectivity index (χ0) is 35.3. The fourth-order valence-corrected chi connectivity index (χ4v) is 7.70. The maximum Gasteiger partial charge on any atom is 0.0636 e. The topological polar surface area (TPSA) is 42.4 Å². The molecule has 2 N–H and O–H groups in total. The average molecular weight is 691 g/mol. The second kappa shape index (κ2) is 14.9. The summed E-state index contributed by atoms with van der Waals surface area (Å²) in [6.07, 6.45) is 8.54. The molecule has 52 heavy (non-hydrogen) atoms. The molecule has 0 aromatic heterocycles. The fourth-order valence-electron chi connectivity index (χ4n) is 6.66. The summed E-state index contributed by atoms with van der Waals surface area (Å²) >= 11 is 1.82. The average Bonchev–Trinajstić information content (AvgIpc) is 3.20. The Morgan fingerprint density at radius 2 is 1.37 bits per heavy atom. The number of anilines is 6. The first-order valence-corrected chi connectivity index (χ1v) is 18.3. The Morgan fingerprint density at radius 3 is 2.25 bits per heavy atom. The number of hydrogen-bond acceptors (Lipinski definition) is 5. The molecule has 0 amide bonds. The number of hydrogen-bond donors (Lipinski definition) is 2. The Kier molecular flexibility index (Phi) is 9.42. The van der Waals surface area contributed by atoms with Crippen molar-refractivity contribution in [1.29, 1.82) is 5.41 Å². The van der Waals surface area contributed by atoms with Gasteiger partial charge in [-0.25, -0.2) is 0 Å². The summed E-state index contributed by atoms with van der Waals surface area (Å²) in [6.45, 7) is 1.99. The Balaban J connectivity index is 1.20.